The molecule has 118 valence electrons. The van der Waals surface area contributed by atoms with Gasteiger partial charge in [-0.25, -0.2) is 0 Å². The molecule has 0 radical (unpaired) electrons. The number of rotatable bonds is 2. The average Bonchev–Trinajstić information content (AvgIpc) is 2.55. The van der Waals surface area contributed by atoms with Crippen molar-refractivity contribution in [3.05, 3.63) is 59.7 Å². The van der Waals surface area contributed by atoms with Gasteiger partial charge < -0.3 is 9.64 Å². The molecular weight excluding hydrogens is 290 g/mol. The van der Waals surface area contributed by atoms with Gasteiger partial charge in [0, 0.05) is 19.2 Å². The van der Waals surface area contributed by atoms with Crippen molar-refractivity contribution >= 4 is 17.6 Å². The number of amides is 1. The van der Waals surface area contributed by atoms with Crippen LogP contribution in [0.5, 0.6) is 5.75 Å². The molecule has 0 saturated heterocycles. The van der Waals surface area contributed by atoms with Gasteiger partial charge in [0.05, 0.1) is 5.56 Å². The third-order valence-corrected chi connectivity index (χ3v) is 4.16. The number of benzene rings is 2. The Bertz CT molecular complexity index is 754. The largest absolute Gasteiger partial charge is 0.426 e. The maximum absolute atomic E-state index is 13.0. The normalized spacial score (nSPS) is 16.6. The Balaban J connectivity index is 1.99. The fourth-order valence-electron chi connectivity index (χ4n) is 2.99. The first-order valence-corrected chi connectivity index (χ1v) is 7.76. The summed E-state index contributed by atoms with van der Waals surface area (Å²) in [6, 6.07) is 14.8. The van der Waals surface area contributed by atoms with Crippen LogP contribution in [-0.4, -0.2) is 18.4 Å². The molecular formula is C19H19NO3. The summed E-state index contributed by atoms with van der Waals surface area (Å²) in [5.41, 5.74) is 2.53. The van der Waals surface area contributed by atoms with E-state index in [1.807, 2.05) is 18.2 Å². The maximum atomic E-state index is 13.0. The number of carbonyl (C=O) groups is 2. The molecule has 3 rings (SSSR count). The van der Waals surface area contributed by atoms with E-state index in [2.05, 4.69) is 13.0 Å². The Morgan fingerprint density at radius 1 is 1.09 bits per heavy atom. The van der Waals surface area contributed by atoms with Crippen LogP contribution >= 0.6 is 0 Å². The van der Waals surface area contributed by atoms with Crippen molar-refractivity contribution in [3.63, 3.8) is 0 Å². The summed E-state index contributed by atoms with van der Waals surface area (Å²) in [7, 11) is 0. The molecule has 2 aromatic rings. The van der Waals surface area contributed by atoms with Gasteiger partial charge in [-0.05, 0) is 36.1 Å². The van der Waals surface area contributed by atoms with Crippen LogP contribution < -0.4 is 9.64 Å². The van der Waals surface area contributed by atoms with Crippen LogP contribution in [-0.2, 0) is 4.79 Å². The monoisotopic (exact) mass is 309 g/mol. The first-order chi connectivity index (χ1) is 11.1. The van der Waals surface area contributed by atoms with Gasteiger partial charge in [-0.2, -0.15) is 0 Å². The molecule has 0 aliphatic carbocycles. The third-order valence-electron chi connectivity index (χ3n) is 4.16. The number of anilines is 1. The van der Waals surface area contributed by atoms with Crippen LogP contribution in [0, 0.1) is 0 Å². The first-order valence-electron chi connectivity index (χ1n) is 7.76. The molecule has 4 nitrogen and oxygen atoms in total. The van der Waals surface area contributed by atoms with E-state index >= 15 is 0 Å². The van der Waals surface area contributed by atoms with E-state index < -0.39 is 5.97 Å². The van der Waals surface area contributed by atoms with Crippen LogP contribution in [0.1, 0.15) is 42.1 Å². The van der Waals surface area contributed by atoms with Crippen LogP contribution in [0.4, 0.5) is 5.69 Å². The lowest BCUT2D eigenvalue weighted by Crippen LogP contribution is -2.36. The molecule has 1 unspecified atom stereocenters. The second-order valence-corrected chi connectivity index (χ2v) is 5.80. The zero-order chi connectivity index (χ0) is 16.4. The number of ether oxygens (including phenoxy) is 1. The third kappa shape index (κ3) is 2.97. The number of nitrogens with zero attached hydrogens (tertiary/aromatic N) is 1. The van der Waals surface area contributed by atoms with E-state index in [1.165, 1.54) is 12.5 Å². The lowest BCUT2D eigenvalue weighted by Gasteiger charge is -2.33. The highest BCUT2D eigenvalue weighted by Crippen LogP contribution is 2.36. The summed E-state index contributed by atoms with van der Waals surface area (Å²) in [5, 5.41) is 0. The fraction of sp³-hybridized carbons (Fsp3) is 0.263. The molecule has 1 atom stereocenters. The lowest BCUT2D eigenvalue weighted by atomic mass is 9.91. The SMILES string of the molecule is CC(=O)Oc1ccccc1C(=O)N1CCC(C)c2ccccc21. The molecule has 0 saturated carbocycles. The first kappa shape index (κ1) is 15.3. The summed E-state index contributed by atoms with van der Waals surface area (Å²) in [6.45, 7) is 4.16. The van der Waals surface area contributed by atoms with Gasteiger partial charge in [0.2, 0.25) is 0 Å². The van der Waals surface area contributed by atoms with Crippen LogP contribution in [0.3, 0.4) is 0 Å². The van der Waals surface area contributed by atoms with Gasteiger partial charge >= 0.3 is 5.97 Å². The topological polar surface area (TPSA) is 46.6 Å². The van der Waals surface area contributed by atoms with Gasteiger partial charge in [-0.15, -0.1) is 0 Å². The standard InChI is InChI=1S/C19H19NO3/c1-13-11-12-20(17-9-5-3-7-15(13)17)19(22)16-8-4-6-10-18(16)23-14(2)21/h3-10,13H,11-12H2,1-2H3. The number of fused-ring (bicyclic) bond motifs is 1. The molecule has 1 aliphatic heterocycles. The zero-order valence-corrected chi connectivity index (χ0v) is 13.3. The Labute approximate surface area is 135 Å². The number of esters is 1. The van der Waals surface area contributed by atoms with E-state index in [0.29, 0.717) is 23.8 Å². The van der Waals surface area contributed by atoms with E-state index in [4.69, 9.17) is 4.74 Å². The van der Waals surface area contributed by atoms with E-state index in [1.54, 1.807) is 29.2 Å². The summed E-state index contributed by atoms with van der Waals surface area (Å²) < 4.78 is 5.18. The van der Waals surface area contributed by atoms with Crippen molar-refractivity contribution < 1.29 is 14.3 Å². The predicted octanol–water partition coefficient (Wildman–Crippen LogP) is 3.77. The average molecular weight is 309 g/mol. The highest BCUT2D eigenvalue weighted by molar-refractivity contribution is 6.08. The molecule has 0 aromatic heterocycles. The van der Waals surface area contributed by atoms with Gasteiger partial charge in [0.25, 0.3) is 5.91 Å². The van der Waals surface area contributed by atoms with E-state index in [0.717, 1.165) is 12.1 Å². The fourth-order valence-corrected chi connectivity index (χ4v) is 2.99. The molecule has 0 bridgehead atoms. The van der Waals surface area contributed by atoms with Crippen molar-refractivity contribution in [2.75, 3.05) is 11.4 Å². The molecule has 4 heteroatoms. The summed E-state index contributed by atoms with van der Waals surface area (Å²) in [6.07, 6.45) is 0.915. The van der Waals surface area contributed by atoms with Gasteiger partial charge in [-0.3, -0.25) is 9.59 Å². The van der Waals surface area contributed by atoms with Gasteiger partial charge in [0.1, 0.15) is 5.75 Å². The van der Waals surface area contributed by atoms with Crippen molar-refractivity contribution in [3.8, 4) is 5.75 Å². The quantitative estimate of drug-likeness (QED) is 0.627. The molecule has 1 amide bonds. The second kappa shape index (κ2) is 6.24. The highest BCUT2D eigenvalue weighted by Gasteiger charge is 2.28. The van der Waals surface area contributed by atoms with Gasteiger partial charge in [-0.1, -0.05) is 37.3 Å². The minimum absolute atomic E-state index is 0.138. The van der Waals surface area contributed by atoms with Crippen molar-refractivity contribution in [1.82, 2.24) is 0 Å². The zero-order valence-electron chi connectivity index (χ0n) is 13.3. The summed E-state index contributed by atoms with van der Waals surface area (Å²) >= 11 is 0. The highest BCUT2D eigenvalue weighted by atomic mass is 16.5. The number of carbonyl (C=O) groups excluding carboxylic acids is 2. The Hall–Kier alpha value is -2.62. The smallest absolute Gasteiger partial charge is 0.308 e. The van der Waals surface area contributed by atoms with Crippen molar-refractivity contribution in [2.24, 2.45) is 0 Å². The van der Waals surface area contributed by atoms with Crippen molar-refractivity contribution in [2.45, 2.75) is 26.2 Å². The molecule has 2 aromatic carbocycles. The molecule has 1 aliphatic rings. The molecule has 23 heavy (non-hydrogen) atoms. The lowest BCUT2D eigenvalue weighted by molar-refractivity contribution is -0.131. The van der Waals surface area contributed by atoms with Crippen molar-refractivity contribution in [1.29, 1.82) is 0 Å². The van der Waals surface area contributed by atoms with Crippen LogP contribution in [0.25, 0.3) is 0 Å². The second-order valence-electron chi connectivity index (χ2n) is 5.80. The molecule has 0 fully saturated rings. The predicted molar refractivity (Wildman–Crippen MR) is 88.9 cm³/mol. The molecule has 0 N–H and O–H groups in total. The number of hydrogen-bond acceptors (Lipinski definition) is 3. The van der Waals surface area contributed by atoms with E-state index in [-0.39, 0.29) is 5.91 Å². The maximum Gasteiger partial charge on any atom is 0.308 e. The minimum Gasteiger partial charge on any atom is -0.426 e. The van der Waals surface area contributed by atoms with Gasteiger partial charge in [0.15, 0.2) is 0 Å². The Kier molecular flexibility index (Phi) is 4.15. The Morgan fingerprint density at radius 3 is 2.57 bits per heavy atom. The number of hydrogen-bond donors (Lipinski definition) is 0. The molecule has 0 spiro atoms. The van der Waals surface area contributed by atoms with Crippen LogP contribution in [0.15, 0.2) is 48.5 Å². The van der Waals surface area contributed by atoms with Crippen LogP contribution in [0.2, 0.25) is 0 Å². The molecule has 1 heterocycles. The van der Waals surface area contributed by atoms with E-state index in [9.17, 15) is 9.59 Å². The number of para-hydroxylation sites is 2. The minimum atomic E-state index is -0.432. The summed E-state index contributed by atoms with van der Waals surface area (Å²) in [5.74, 6) is 0.166. The Morgan fingerprint density at radius 2 is 1.78 bits per heavy atom. The summed E-state index contributed by atoms with van der Waals surface area (Å²) in [4.78, 5) is 26.0.